The molecule has 0 fully saturated rings. The third-order valence-corrected chi connectivity index (χ3v) is 2.52. The van der Waals surface area contributed by atoms with E-state index in [0.29, 0.717) is 25.4 Å². The lowest BCUT2D eigenvalue weighted by atomic mass is 10.1. The highest BCUT2D eigenvalue weighted by Gasteiger charge is 2.08. The molecule has 0 saturated heterocycles. The highest BCUT2D eigenvalue weighted by Crippen LogP contribution is 2.17. The molecule has 2 N–H and O–H groups in total. The zero-order chi connectivity index (χ0) is 12.0. The predicted molar refractivity (Wildman–Crippen MR) is 64.2 cm³/mol. The number of halogens is 1. The lowest BCUT2D eigenvalue weighted by Crippen LogP contribution is -2.14. The lowest BCUT2D eigenvalue weighted by Gasteiger charge is -2.08. The van der Waals surface area contributed by atoms with Crippen LogP contribution >= 0.6 is 15.9 Å². The molecule has 0 heterocycles. The first-order valence-corrected chi connectivity index (χ1v) is 5.59. The largest absolute Gasteiger partial charge is 0.382 e. The highest BCUT2D eigenvalue weighted by molar-refractivity contribution is 9.10. The second kappa shape index (κ2) is 6.62. The standard InChI is InChI=1S/C11H14BrNO3/c1-15-4-5-16-7-8-2-3-9(12)6-10(8)11(13)14/h2-3,6H,4-5,7H2,1H3,(H2,13,14). The minimum Gasteiger partial charge on any atom is -0.382 e. The topological polar surface area (TPSA) is 61.6 Å². The molecule has 1 aromatic carbocycles. The molecular weight excluding hydrogens is 274 g/mol. The van der Waals surface area contributed by atoms with E-state index in [1.54, 1.807) is 13.2 Å². The predicted octanol–water partition coefficient (Wildman–Crippen LogP) is 1.71. The van der Waals surface area contributed by atoms with E-state index in [4.69, 9.17) is 15.2 Å². The number of methoxy groups -OCH3 is 1. The molecule has 0 saturated carbocycles. The number of amides is 1. The molecule has 0 aliphatic carbocycles. The van der Waals surface area contributed by atoms with E-state index < -0.39 is 5.91 Å². The van der Waals surface area contributed by atoms with Gasteiger partial charge in [0.25, 0.3) is 0 Å². The second-order valence-corrected chi connectivity index (χ2v) is 4.13. The van der Waals surface area contributed by atoms with Crippen LogP contribution < -0.4 is 5.73 Å². The summed E-state index contributed by atoms with van der Waals surface area (Å²) in [6, 6.07) is 5.36. The third-order valence-electron chi connectivity index (χ3n) is 2.03. The van der Waals surface area contributed by atoms with Crippen LogP contribution in [-0.2, 0) is 16.1 Å². The van der Waals surface area contributed by atoms with Crippen molar-refractivity contribution in [1.82, 2.24) is 0 Å². The van der Waals surface area contributed by atoms with Crippen LogP contribution in [0.5, 0.6) is 0 Å². The van der Waals surface area contributed by atoms with Gasteiger partial charge in [-0.2, -0.15) is 0 Å². The molecule has 0 radical (unpaired) electrons. The minimum atomic E-state index is -0.452. The van der Waals surface area contributed by atoms with Crippen LogP contribution in [0.3, 0.4) is 0 Å². The summed E-state index contributed by atoms with van der Waals surface area (Å²) in [4.78, 5) is 11.2. The van der Waals surface area contributed by atoms with Crippen molar-refractivity contribution in [3.05, 3.63) is 33.8 Å². The smallest absolute Gasteiger partial charge is 0.249 e. The third kappa shape index (κ3) is 3.92. The van der Waals surface area contributed by atoms with Gasteiger partial charge in [0.1, 0.15) is 0 Å². The Balaban J connectivity index is 2.67. The number of primary amides is 1. The summed E-state index contributed by atoms with van der Waals surface area (Å²) < 4.78 is 11.0. The normalized spacial score (nSPS) is 10.4. The van der Waals surface area contributed by atoms with Gasteiger partial charge in [0.2, 0.25) is 5.91 Å². The van der Waals surface area contributed by atoms with Gasteiger partial charge in [0.15, 0.2) is 0 Å². The van der Waals surface area contributed by atoms with E-state index in [0.717, 1.165) is 10.0 Å². The number of carbonyl (C=O) groups excluding carboxylic acids is 1. The maximum atomic E-state index is 11.2. The van der Waals surface area contributed by atoms with Gasteiger partial charge in [0.05, 0.1) is 19.8 Å². The molecule has 0 spiro atoms. The van der Waals surface area contributed by atoms with Gasteiger partial charge < -0.3 is 15.2 Å². The van der Waals surface area contributed by atoms with Gasteiger partial charge >= 0.3 is 0 Å². The molecule has 5 heteroatoms. The summed E-state index contributed by atoms with van der Waals surface area (Å²) in [5.74, 6) is -0.452. The van der Waals surface area contributed by atoms with Crippen molar-refractivity contribution in [3.63, 3.8) is 0 Å². The molecule has 0 unspecified atom stereocenters. The van der Waals surface area contributed by atoms with Gasteiger partial charge in [-0.25, -0.2) is 0 Å². The molecule has 1 aromatic rings. The van der Waals surface area contributed by atoms with E-state index >= 15 is 0 Å². The number of rotatable bonds is 6. The molecule has 0 atom stereocenters. The van der Waals surface area contributed by atoms with E-state index in [9.17, 15) is 4.79 Å². The van der Waals surface area contributed by atoms with Crippen molar-refractivity contribution in [2.75, 3.05) is 20.3 Å². The average molecular weight is 288 g/mol. The van der Waals surface area contributed by atoms with E-state index in [2.05, 4.69) is 15.9 Å². The SMILES string of the molecule is COCCOCc1ccc(Br)cc1C(N)=O. The fourth-order valence-corrected chi connectivity index (χ4v) is 1.59. The Morgan fingerprint density at radius 2 is 2.19 bits per heavy atom. The zero-order valence-electron chi connectivity index (χ0n) is 9.03. The summed E-state index contributed by atoms with van der Waals surface area (Å²) in [5.41, 5.74) is 6.54. The molecule has 4 nitrogen and oxygen atoms in total. The first kappa shape index (κ1) is 13.2. The molecule has 0 aliphatic heterocycles. The quantitative estimate of drug-likeness (QED) is 0.811. The van der Waals surface area contributed by atoms with Crippen molar-refractivity contribution in [2.24, 2.45) is 5.73 Å². The van der Waals surface area contributed by atoms with Crippen LogP contribution in [0.2, 0.25) is 0 Å². The zero-order valence-corrected chi connectivity index (χ0v) is 10.6. The van der Waals surface area contributed by atoms with Crippen LogP contribution in [0.1, 0.15) is 15.9 Å². The molecule has 1 rings (SSSR count). The van der Waals surface area contributed by atoms with Gasteiger partial charge in [-0.05, 0) is 17.7 Å². The van der Waals surface area contributed by atoms with E-state index in [-0.39, 0.29) is 0 Å². The van der Waals surface area contributed by atoms with Crippen LogP contribution in [-0.4, -0.2) is 26.2 Å². The monoisotopic (exact) mass is 287 g/mol. The number of ether oxygens (including phenoxy) is 2. The van der Waals surface area contributed by atoms with Crippen molar-refractivity contribution in [1.29, 1.82) is 0 Å². The fourth-order valence-electron chi connectivity index (χ4n) is 1.23. The first-order valence-electron chi connectivity index (χ1n) is 4.80. The molecule has 0 aliphatic rings. The maximum Gasteiger partial charge on any atom is 0.249 e. The molecule has 0 aromatic heterocycles. The Morgan fingerprint density at radius 1 is 1.44 bits per heavy atom. The van der Waals surface area contributed by atoms with Gasteiger partial charge in [-0.1, -0.05) is 22.0 Å². The number of benzene rings is 1. The Labute approximate surface area is 103 Å². The Morgan fingerprint density at radius 3 is 2.81 bits per heavy atom. The van der Waals surface area contributed by atoms with E-state index in [1.165, 1.54) is 0 Å². The number of hydrogen-bond acceptors (Lipinski definition) is 3. The molecule has 1 amide bonds. The van der Waals surface area contributed by atoms with Crippen molar-refractivity contribution in [2.45, 2.75) is 6.61 Å². The van der Waals surface area contributed by atoms with Crippen molar-refractivity contribution < 1.29 is 14.3 Å². The summed E-state index contributed by atoms with van der Waals surface area (Å²) in [6.45, 7) is 1.38. The van der Waals surface area contributed by atoms with Crippen LogP contribution in [0.15, 0.2) is 22.7 Å². The first-order chi connectivity index (χ1) is 7.65. The number of nitrogens with two attached hydrogens (primary N) is 1. The fraction of sp³-hybridized carbons (Fsp3) is 0.364. The molecular formula is C11H14BrNO3. The van der Waals surface area contributed by atoms with E-state index in [1.807, 2.05) is 12.1 Å². The number of hydrogen-bond donors (Lipinski definition) is 1. The van der Waals surface area contributed by atoms with Gasteiger partial charge in [-0.15, -0.1) is 0 Å². The van der Waals surface area contributed by atoms with Gasteiger partial charge in [-0.3, -0.25) is 4.79 Å². The van der Waals surface area contributed by atoms with Crippen LogP contribution in [0.4, 0.5) is 0 Å². The van der Waals surface area contributed by atoms with Crippen LogP contribution in [0, 0.1) is 0 Å². The maximum absolute atomic E-state index is 11.2. The van der Waals surface area contributed by atoms with Crippen molar-refractivity contribution >= 4 is 21.8 Å². The Kier molecular flexibility index (Phi) is 5.45. The minimum absolute atomic E-state index is 0.356. The highest BCUT2D eigenvalue weighted by atomic mass is 79.9. The summed E-state index contributed by atoms with van der Waals surface area (Å²) >= 11 is 3.29. The second-order valence-electron chi connectivity index (χ2n) is 3.21. The summed E-state index contributed by atoms with van der Waals surface area (Å²) in [5, 5.41) is 0. The average Bonchev–Trinajstić information content (AvgIpc) is 2.26. The summed E-state index contributed by atoms with van der Waals surface area (Å²) in [7, 11) is 1.61. The van der Waals surface area contributed by atoms with Crippen molar-refractivity contribution in [3.8, 4) is 0 Å². The van der Waals surface area contributed by atoms with Crippen LogP contribution in [0.25, 0.3) is 0 Å². The van der Waals surface area contributed by atoms with Gasteiger partial charge in [0, 0.05) is 17.1 Å². The Hall–Kier alpha value is -0.910. The number of carbonyl (C=O) groups is 1. The lowest BCUT2D eigenvalue weighted by molar-refractivity contribution is 0.0611. The molecule has 16 heavy (non-hydrogen) atoms. The summed E-state index contributed by atoms with van der Waals surface area (Å²) in [6.07, 6.45) is 0. The Bertz CT molecular complexity index is 368. The molecule has 0 bridgehead atoms. The molecule has 88 valence electrons.